The normalized spacial score (nSPS) is 18.4. The molecule has 0 saturated carbocycles. The Morgan fingerprint density at radius 3 is 2.62 bits per heavy atom. The van der Waals surface area contributed by atoms with Crippen LogP contribution < -0.4 is 5.73 Å². The molecule has 0 bridgehead atoms. The number of nitrogens with zero attached hydrogens (tertiary/aromatic N) is 1. The van der Waals surface area contributed by atoms with Crippen molar-refractivity contribution in [2.24, 2.45) is 10.7 Å². The second-order valence-electron chi connectivity index (χ2n) is 4.29. The molecule has 1 aromatic rings. The van der Waals surface area contributed by atoms with Gasteiger partial charge in [-0.3, -0.25) is 4.99 Å². The summed E-state index contributed by atoms with van der Waals surface area (Å²) < 4.78 is 0. The molecule has 1 aliphatic rings. The number of benzene rings is 1. The minimum absolute atomic E-state index is 0.124. The molecule has 1 aromatic carbocycles. The molecular weight excluding hydrogens is 196 g/mol. The first-order valence-electron chi connectivity index (χ1n) is 5.84. The highest BCUT2D eigenvalue weighted by Gasteiger charge is 2.10. The highest BCUT2D eigenvalue weighted by molar-refractivity contribution is 6.01. The van der Waals surface area contributed by atoms with Gasteiger partial charge in [0.1, 0.15) is 0 Å². The van der Waals surface area contributed by atoms with Crippen molar-refractivity contribution in [1.82, 2.24) is 0 Å². The molecule has 0 saturated heterocycles. The van der Waals surface area contributed by atoms with Gasteiger partial charge in [0.25, 0.3) is 0 Å². The van der Waals surface area contributed by atoms with Gasteiger partial charge in [-0.25, -0.2) is 0 Å². The number of nitrogens with two attached hydrogens (primary N) is 1. The summed E-state index contributed by atoms with van der Waals surface area (Å²) in [5.41, 5.74) is 9.54. The largest absolute Gasteiger partial charge is 0.324 e. The zero-order chi connectivity index (χ0) is 11.4. The smallest absolute Gasteiger partial charge is 0.0475 e. The van der Waals surface area contributed by atoms with Crippen molar-refractivity contribution in [1.29, 1.82) is 0 Å². The van der Waals surface area contributed by atoms with Gasteiger partial charge in [-0.2, -0.15) is 0 Å². The van der Waals surface area contributed by atoms with E-state index in [0.29, 0.717) is 0 Å². The first-order valence-corrected chi connectivity index (χ1v) is 5.84. The summed E-state index contributed by atoms with van der Waals surface area (Å²) in [6, 6.07) is 10.5. The third-order valence-corrected chi connectivity index (χ3v) is 2.96. The van der Waals surface area contributed by atoms with E-state index in [1.165, 1.54) is 16.8 Å². The van der Waals surface area contributed by atoms with E-state index >= 15 is 0 Å². The van der Waals surface area contributed by atoms with Crippen LogP contribution in [0.4, 0.5) is 0 Å². The van der Waals surface area contributed by atoms with Gasteiger partial charge in [0, 0.05) is 18.0 Å². The van der Waals surface area contributed by atoms with Crippen LogP contribution in [-0.4, -0.2) is 11.8 Å². The molecule has 1 heterocycles. The first kappa shape index (κ1) is 11.1. The van der Waals surface area contributed by atoms with Crippen LogP contribution in [0.25, 0.3) is 0 Å². The fraction of sp³-hybridized carbons (Fsp3) is 0.357. The number of rotatable bonds is 2. The summed E-state index contributed by atoms with van der Waals surface area (Å²) in [6.45, 7) is 2.02. The van der Waals surface area contributed by atoms with E-state index in [2.05, 4.69) is 29.3 Å². The maximum Gasteiger partial charge on any atom is 0.0475 e. The monoisotopic (exact) mass is 214 g/mol. The van der Waals surface area contributed by atoms with Gasteiger partial charge in [0.2, 0.25) is 0 Å². The Labute approximate surface area is 96.9 Å². The first-order chi connectivity index (χ1) is 7.77. The fourth-order valence-electron chi connectivity index (χ4n) is 1.94. The third kappa shape index (κ3) is 2.58. The van der Waals surface area contributed by atoms with Crippen LogP contribution in [0.5, 0.6) is 0 Å². The summed E-state index contributed by atoms with van der Waals surface area (Å²) >= 11 is 0. The molecule has 1 aliphatic heterocycles. The Morgan fingerprint density at radius 1 is 1.19 bits per heavy atom. The highest BCUT2D eigenvalue weighted by atomic mass is 14.7. The van der Waals surface area contributed by atoms with Crippen LogP contribution in [0.1, 0.15) is 31.7 Å². The zero-order valence-corrected chi connectivity index (χ0v) is 9.69. The number of hydrogen-bond acceptors (Lipinski definition) is 2. The molecule has 1 atom stereocenters. The predicted molar refractivity (Wildman–Crippen MR) is 68.6 cm³/mol. The molecule has 84 valence electrons. The van der Waals surface area contributed by atoms with Crippen molar-refractivity contribution < 1.29 is 0 Å². The molecule has 0 amide bonds. The Bertz CT molecular complexity index is 402. The van der Waals surface area contributed by atoms with Crippen molar-refractivity contribution >= 4 is 5.71 Å². The fourth-order valence-corrected chi connectivity index (χ4v) is 1.94. The minimum Gasteiger partial charge on any atom is -0.324 e. The van der Waals surface area contributed by atoms with E-state index in [9.17, 15) is 0 Å². The van der Waals surface area contributed by atoms with Crippen molar-refractivity contribution in [3.63, 3.8) is 0 Å². The predicted octanol–water partition coefficient (Wildman–Crippen LogP) is 2.89. The second-order valence-corrected chi connectivity index (χ2v) is 4.29. The van der Waals surface area contributed by atoms with Crippen LogP contribution in [0, 0.1) is 0 Å². The average molecular weight is 214 g/mol. The van der Waals surface area contributed by atoms with E-state index in [4.69, 9.17) is 5.73 Å². The Balaban J connectivity index is 2.24. The van der Waals surface area contributed by atoms with Crippen molar-refractivity contribution in [3.05, 3.63) is 47.7 Å². The summed E-state index contributed by atoms with van der Waals surface area (Å²) in [5, 5.41) is 0. The van der Waals surface area contributed by atoms with Crippen LogP contribution in [0.3, 0.4) is 0 Å². The lowest BCUT2D eigenvalue weighted by Gasteiger charge is -2.07. The van der Waals surface area contributed by atoms with Crippen LogP contribution in [-0.2, 0) is 0 Å². The summed E-state index contributed by atoms with van der Waals surface area (Å²) in [6.07, 6.45) is 5.20. The highest BCUT2D eigenvalue weighted by Crippen LogP contribution is 2.18. The molecular formula is C14H18N2. The quantitative estimate of drug-likeness (QED) is 0.807. The third-order valence-electron chi connectivity index (χ3n) is 2.96. The van der Waals surface area contributed by atoms with Gasteiger partial charge in [0.05, 0.1) is 0 Å². The topological polar surface area (TPSA) is 38.4 Å². The Kier molecular flexibility index (Phi) is 3.52. The van der Waals surface area contributed by atoms with Gasteiger partial charge in [0.15, 0.2) is 0 Å². The maximum atomic E-state index is 5.88. The second kappa shape index (κ2) is 5.08. The van der Waals surface area contributed by atoms with Gasteiger partial charge in [-0.15, -0.1) is 0 Å². The molecule has 16 heavy (non-hydrogen) atoms. The summed E-state index contributed by atoms with van der Waals surface area (Å²) in [4.78, 5) is 4.57. The Hall–Kier alpha value is -1.41. The van der Waals surface area contributed by atoms with Gasteiger partial charge >= 0.3 is 0 Å². The van der Waals surface area contributed by atoms with Crippen molar-refractivity contribution in [3.8, 4) is 0 Å². The van der Waals surface area contributed by atoms with E-state index in [-0.39, 0.29) is 6.04 Å². The molecule has 0 fully saturated rings. The molecule has 0 spiro atoms. The Morgan fingerprint density at radius 2 is 1.94 bits per heavy atom. The molecule has 2 heteroatoms. The SMILES string of the molecule is C[C@@H](N)C1=CN=C(c2ccccc2)CCC1. The van der Waals surface area contributed by atoms with Gasteiger partial charge in [-0.05, 0) is 37.3 Å². The lowest BCUT2D eigenvalue weighted by Crippen LogP contribution is -2.17. The molecule has 0 aliphatic carbocycles. The molecule has 2 rings (SSSR count). The average Bonchev–Trinajstić information content (AvgIpc) is 2.55. The standard InChI is InChI=1S/C14H18N2/c1-11(15)13-8-5-9-14(16-10-13)12-6-3-2-4-7-12/h2-4,6-7,10-11H,5,8-9,15H2,1H3/t11-/m1/s1. The van der Waals surface area contributed by atoms with E-state index < -0.39 is 0 Å². The van der Waals surface area contributed by atoms with Gasteiger partial charge in [-0.1, -0.05) is 30.3 Å². The molecule has 2 nitrogen and oxygen atoms in total. The van der Waals surface area contributed by atoms with Crippen LogP contribution in [0.2, 0.25) is 0 Å². The van der Waals surface area contributed by atoms with Crippen molar-refractivity contribution in [2.75, 3.05) is 0 Å². The van der Waals surface area contributed by atoms with Crippen molar-refractivity contribution in [2.45, 2.75) is 32.2 Å². The lowest BCUT2D eigenvalue weighted by molar-refractivity contribution is 0.755. The lowest BCUT2D eigenvalue weighted by atomic mass is 10.0. The molecule has 0 aromatic heterocycles. The van der Waals surface area contributed by atoms with E-state index in [1.54, 1.807) is 0 Å². The number of aliphatic imine (C=N–C) groups is 1. The molecule has 0 radical (unpaired) electrons. The zero-order valence-electron chi connectivity index (χ0n) is 9.69. The summed E-state index contributed by atoms with van der Waals surface area (Å²) in [5.74, 6) is 0. The van der Waals surface area contributed by atoms with E-state index in [0.717, 1.165) is 19.3 Å². The number of hydrogen-bond donors (Lipinski definition) is 1. The van der Waals surface area contributed by atoms with Crippen LogP contribution >= 0.6 is 0 Å². The van der Waals surface area contributed by atoms with Crippen LogP contribution in [0.15, 0.2) is 47.1 Å². The van der Waals surface area contributed by atoms with E-state index in [1.807, 2.05) is 19.2 Å². The molecule has 2 N–H and O–H groups in total. The van der Waals surface area contributed by atoms with Gasteiger partial charge < -0.3 is 5.73 Å². The maximum absolute atomic E-state index is 5.88. The summed E-state index contributed by atoms with van der Waals surface area (Å²) in [7, 11) is 0. The minimum atomic E-state index is 0.124. The molecule has 0 unspecified atom stereocenters.